The highest BCUT2D eigenvalue weighted by molar-refractivity contribution is 6.03. The molecule has 1 aliphatic heterocycles. The smallest absolute Gasteiger partial charge is 0.358 e. The minimum atomic E-state index is -1.13. The summed E-state index contributed by atoms with van der Waals surface area (Å²) in [4.78, 5) is 24.6. The second kappa shape index (κ2) is 5.01. The second-order valence-electron chi connectivity index (χ2n) is 5.05. The molecule has 0 aliphatic carbocycles. The number of primary amides is 1. The third-order valence-electron chi connectivity index (χ3n) is 3.75. The first-order chi connectivity index (χ1) is 10.1. The van der Waals surface area contributed by atoms with E-state index in [0.717, 1.165) is 5.39 Å². The van der Waals surface area contributed by atoms with Gasteiger partial charge in [0.25, 0.3) is 0 Å². The van der Waals surface area contributed by atoms with Gasteiger partial charge in [0.1, 0.15) is 0 Å². The second-order valence-corrected chi connectivity index (χ2v) is 5.05. The topological polar surface area (TPSA) is 109 Å². The number of carbonyl (C=O) groups is 2. The van der Waals surface area contributed by atoms with Crippen molar-refractivity contribution in [2.45, 2.75) is 6.42 Å². The van der Waals surface area contributed by atoms with Crippen LogP contribution < -0.4 is 10.6 Å². The number of nitrogens with zero attached hydrogens (tertiary/aromatic N) is 3. The summed E-state index contributed by atoms with van der Waals surface area (Å²) in [6.07, 6.45) is 0.616. The van der Waals surface area contributed by atoms with Gasteiger partial charge in [-0.15, -0.1) is 10.2 Å². The van der Waals surface area contributed by atoms with E-state index in [2.05, 4.69) is 10.2 Å². The lowest BCUT2D eigenvalue weighted by molar-refractivity contribution is -0.121. The third-order valence-corrected chi connectivity index (χ3v) is 3.75. The molecule has 1 amide bonds. The Balaban J connectivity index is 2.13. The van der Waals surface area contributed by atoms with Crippen molar-refractivity contribution in [1.29, 1.82) is 0 Å². The normalized spacial score (nSPS) is 18.1. The molecule has 2 heterocycles. The maximum Gasteiger partial charge on any atom is 0.358 e. The van der Waals surface area contributed by atoms with E-state index >= 15 is 0 Å². The molecule has 0 bridgehead atoms. The highest BCUT2D eigenvalue weighted by atomic mass is 16.4. The van der Waals surface area contributed by atoms with E-state index in [4.69, 9.17) is 5.73 Å². The summed E-state index contributed by atoms with van der Waals surface area (Å²) < 4.78 is 0. The van der Waals surface area contributed by atoms with E-state index in [1.165, 1.54) is 0 Å². The molecule has 3 rings (SSSR count). The van der Waals surface area contributed by atoms with Crippen LogP contribution in [0.4, 0.5) is 5.69 Å². The van der Waals surface area contributed by atoms with Gasteiger partial charge in [-0.25, -0.2) is 4.79 Å². The number of aromatic nitrogens is 2. The number of benzene rings is 1. The number of anilines is 1. The van der Waals surface area contributed by atoms with E-state index in [-0.39, 0.29) is 17.5 Å². The number of carboxylic acids is 1. The zero-order chi connectivity index (χ0) is 15.0. The summed E-state index contributed by atoms with van der Waals surface area (Å²) >= 11 is 0. The standard InChI is InChI=1S/C14H14N4O3/c15-13(19)8-5-6-18(7-8)12-9-3-1-2-4-10(9)16-17-11(12)14(20)21/h1-4,8H,5-7H2,(H2,15,19)(H,20,21). The van der Waals surface area contributed by atoms with Crippen LogP contribution in [0.3, 0.4) is 0 Å². The molecule has 1 aliphatic rings. The molecule has 1 unspecified atom stereocenters. The van der Waals surface area contributed by atoms with Crippen molar-refractivity contribution in [3.63, 3.8) is 0 Å². The van der Waals surface area contributed by atoms with Crippen molar-refractivity contribution < 1.29 is 14.7 Å². The van der Waals surface area contributed by atoms with E-state index in [1.54, 1.807) is 6.07 Å². The van der Waals surface area contributed by atoms with Gasteiger partial charge in [-0.05, 0) is 12.5 Å². The Labute approximate surface area is 120 Å². The summed E-state index contributed by atoms with van der Waals surface area (Å²) in [5, 5.41) is 17.8. The van der Waals surface area contributed by atoms with Gasteiger partial charge in [-0.1, -0.05) is 18.2 Å². The molecule has 0 saturated carbocycles. The van der Waals surface area contributed by atoms with Crippen LogP contribution in [-0.4, -0.2) is 40.3 Å². The lowest BCUT2D eigenvalue weighted by Gasteiger charge is -2.21. The summed E-state index contributed by atoms with van der Waals surface area (Å²) in [5.74, 6) is -1.76. The zero-order valence-corrected chi connectivity index (χ0v) is 11.2. The van der Waals surface area contributed by atoms with Gasteiger partial charge in [-0.3, -0.25) is 4.79 Å². The number of fused-ring (bicyclic) bond motifs is 1. The summed E-state index contributed by atoms with van der Waals surface area (Å²) in [6, 6.07) is 7.22. The number of rotatable bonds is 3. The average Bonchev–Trinajstić information content (AvgIpc) is 2.95. The van der Waals surface area contributed by atoms with Crippen LogP contribution in [-0.2, 0) is 4.79 Å². The molecule has 2 aromatic rings. The van der Waals surface area contributed by atoms with Crippen molar-refractivity contribution in [3.05, 3.63) is 30.0 Å². The van der Waals surface area contributed by atoms with Crippen LogP contribution in [0.5, 0.6) is 0 Å². The lowest BCUT2D eigenvalue weighted by Crippen LogP contribution is -2.28. The quantitative estimate of drug-likeness (QED) is 0.857. The molecule has 0 radical (unpaired) electrons. The molecule has 0 spiro atoms. The molecule has 1 aromatic heterocycles. The number of amides is 1. The number of carbonyl (C=O) groups excluding carboxylic acids is 1. The first-order valence-corrected chi connectivity index (χ1v) is 6.61. The minimum absolute atomic E-state index is 0.0983. The maximum atomic E-state index is 11.4. The van der Waals surface area contributed by atoms with E-state index in [0.29, 0.717) is 30.7 Å². The van der Waals surface area contributed by atoms with Gasteiger partial charge < -0.3 is 15.7 Å². The van der Waals surface area contributed by atoms with Crippen molar-refractivity contribution in [3.8, 4) is 0 Å². The molecule has 3 N–H and O–H groups in total. The van der Waals surface area contributed by atoms with Gasteiger partial charge in [0.15, 0.2) is 5.69 Å². The van der Waals surface area contributed by atoms with E-state index < -0.39 is 5.97 Å². The predicted molar refractivity (Wildman–Crippen MR) is 76.0 cm³/mol. The SMILES string of the molecule is NC(=O)C1CCN(c2c(C(=O)O)nnc3ccccc23)C1. The lowest BCUT2D eigenvalue weighted by atomic mass is 10.1. The van der Waals surface area contributed by atoms with Crippen molar-refractivity contribution >= 4 is 28.5 Å². The van der Waals surface area contributed by atoms with Gasteiger partial charge in [-0.2, -0.15) is 0 Å². The van der Waals surface area contributed by atoms with E-state index in [1.807, 2.05) is 23.1 Å². The number of nitrogens with two attached hydrogens (primary N) is 1. The molecule has 108 valence electrons. The average molecular weight is 286 g/mol. The Kier molecular flexibility index (Phi) is 3.17. The molecular weight excluding hydrogens is 272 g/mol. The van der Waals surface area contributed by atoms with Crippen LogP contribution in [0.15, 0.2) is 24.3 Å². The van der Waals surface area contributed by atoms with Gasteiger partial charge in [0.2, 0.25) is 5.91 Å². The van der Waals surface area contributed by atoms with Crippen molar-refractivity contribution in [1.82, 2.24) is 10.2 Å². The number of hydrogen-bond donors (Lipinski definition) is 2. The maximum absolute atomic E-state index is 11.4. The summed E-state index contributed by atoms with van der Waals surface area (Å²) in [5.41, 5.74) is 6.38. The molecule has 21 heavy (non-hydrogen) atoms. The van der Waals surface area contributed by atoms with Crippen LogP contribution in [0, 0.1) is 5.92 Å². The van der Waals surface area contributed by atoms with Crippen LogP contribution in [0.25, 0.3) is 10.9 Å². The van der Waals surface area contributed by atoms with E-state index in [9.17, 15) is 14.7 Å². The highest BCUT2D eigenvalue weighted by Crippen LogP contribution is 2.32. The monoisotopic (exact) mass is 286 g/mol. The molecule has 7 heteroatoms. The minimum Gasteiger partial charge on any atom is -0.476 e. The van der Waals surface area contributed by atoms with Gasteiger partial charge in [0, 0.05) is 18.5 Å². The number of carboxylic acid groups (broad SMARTS) is 1. The molecule has 1 aromatic carbocycles. The molecule has 1 atom stereocenters. The zero-order valence-electron chi connectivity index (χ0n) is 11.2. The van der Waals surface area contributed by atoms with Crippen molar-refractivity contribution in [2.24, 2.45) is 11.7 Å². The van der Waals surface area contributed by atoms with Gasteiger partial charge >= 0.3 is 5.97 Å². The Hall–Kier alpha value is -2.70. The predicted octanol–water partition coefficient (Wildman–Crippen LogP) is 0.640. The summed E-state index contributed by atoms with van der Waals surface area (Å²) in [6.45, 7) is 0.981. The molecule has 1 saturated heterocycles. The molecule has 7 nitrogen and oxygen atoms in total. The first-order valence-electron chi connectivity index (χ1n) is 6.61. The first kappa shape index (κ1) is 13.3. The largest absolute Gasteiger partial charge is 0.476 e. The Morgan fingerprint density at radius 1 is 1.29 bits per heavy atom. The number of aromatic carboxylic acids is 1. The fraction of sp³-hybridized carbons (Fsp3) is 0.286. The fourth-order valence-electron chi connectivity index (χ4n) is 2.70. The molecular formula is C14H14N4O3. The highest BCUT2D eigenvalue weighted by Gasteiger charge is 2.31. The Morgan fingerprint density at radius 2 is 2.05 bits per heavy atom. The van der Waals surface area contributed by atoms with Gasteiger partial charge in [0.05, 0.1) is 17.1 Å². The Bertz CT molecular complexity index is 731. The van der Waals surface area contributed by atoms with Crippen LogP contribution >= 0.6 is 0 Å². The third kappa shape index (κ3) is 2.26. The van der Waals surface area contributed by atoms with Crippen molar-refractivity contribution in [2.75, 3.05) is 18.0 Å². The fourth-order valence-corrected chi connectivity index (χ4v) is 2.70. The molecule has 1 fully saturated rings. The van der Waals surface area contributed by atoms with Crippen LogP contribution in [0.2, 0.25) is 0 Å². The summed E-state index contributed by atoms with van der Waals surface area (Å²) in [7, 11) is 0. The Morgan fingerprint density at radius 3 is 2.71 bits per heavy atom. The number of hydrogen-bond acceptors (Lipinski definition) is 5. The van der Waals surface area contributed by atoms with Crippen LogP contribution in [0.1, 0.15) is 16.9 Å².